The zero-order valence-corrected chi connectivity index (χ0v) is 19.3. The third-order valence-corrected chi connectivity index (χ3v) is 5.15. The van der Waals surface area contributed by atoms with Crippen LogP contribution in [-0.2, 0) is 18.3 Å². The number of likely N-dealkylation sites (N-methyl/N-ethyl adjacent to an activating group) is 1. The van der Waals surface area contributed by atoms with E-state index < -0.39 is 0 Å². The van der Waals surface area contributed by atoms with Crippen molar-refractivity contribution in [3.05, 3.63) is 53.4 Å². The lowest BCUT2D eigenvalue weighted by molar-refractivity contribution is 0.106. The number of allylic oxidation sites excluding steroid dienone is 1. The van der Waals surface area contributed by atoms with E-state index in [-0.39, 0.29) is 0 Å². The fourth-order valence-electron chi connectivity index (χ4n) is 3.58. The van der Waals surface area contributed by atoms with Gasteiger partial charge in [-0.1, -0.05) is 56.3 Å². The van der Waals surface area contributed by atoms with Crippen molar-refractivity contribution in [1.29, 1.82) is 0 Å². The van der Waals surface area contributed by atoms with E-state index in [4.69, 9.17) is 4.84 Å². The lowest BCUT2D eigenvalue weighted by Gasteiger charge is -2.16. The fourth-order valence-corrected chi connectivity index (χ4v) is 3.58. The molecule has 1 aromatic heterocycles. The highest BCUT2D eigenvalue weighted by Gasteiger charge is 2.14. The molecule has 0 aliphatic carbocycles. The van der Waals surface area contributed by atoms with Crippen molar-refractivity contribution in [2.75, 3.05) is 26.2 Å². The topological polar surface area (TPSA) is 55.5 Å². The van der Waals surface area contributed by atoms with Gasteiger partial charge in [0.15, 0.2) is 0 Å². The quantitative estimate of drug-likeness (QED) is 0.331. The molecular formula is C24H35N5O. The predicted octanol–water partition coefficient (Wildman–Crippen LogP) is 4.36. The summed E-state index contributed by atoms with van der Waals surface area (Å²) in [5.41, 5.74) is 4.13. The molecule has 0 fully saturated rings. The Morgan fingerprint density at radius 3 is 2.30 bits per heavy atom. The minimum absolute atomic E-state index is 0.576. The molecule has 1 heterocycles. The van der Waals surface area contributed by atoms with Crippen molar-refractivity contribution in [3.63, 3.8) is 0 Å². The van der Waals surface area contributed by atoms with Crippen molar-refractivity contribution in [2.24, 2.45) is 12.2 Å². The second-order valence-corrected chi connectivity index (χ2v) is 7.10. The van der Waals surface area contributed by atoms with Crippen LogP contribution >= 0.6 is 0 Å². The van der Waals surface area contributed by atoms with Gasteiger partial charge in [-0.15, -0.1) is 6.58 Å². The third-order valence-electron chi connectivity index (χ3n) is 5.15. The van der Waals surface area contributed by atoms with Gasteiger partial charge in [0.25, 0.3) is 0 Å². The molecule has 0 aliphatic heterocycles. The molecule has 0 aliphatic rings. The van der Waals surface area contributed by atoms with Gasteiger partial charge in [-0.05, 0) is 44.5 Å². The summed E-state index contributed by atoms with van der Waals surface area (Å²) in [6, 6.07) is 8.23. The normalized spacial score (nSPS) is 11.6. The second kappa shape index (κ2) is 11.5. The molecule has 6 nitrogen and oxygen atoms in total. The maximum Gasteiger partial charge on any atom is 0.129 e. The van der Waals surface area contributed by atoms with E-state index in [2.05, 4.69) is 66.7 Å². The maximum atomic E-state index is 5.75. The highest BCUT2D eigenvalue weighted by Crippen LogP contribution is 2.23. The molecule has 0 unspecified atom stereocenters. The van der Waals surface area contributed by atoms with Gasteiger partial charge in [-0.2, -0.15) is 15.0 Å². The molecule has 0 radical (unpaired) electrons. The Morgan fingerprint density at radius 1 is 1.10 bits per heavy atom. The number of fused-ring (bicyclic) bond motifs is 3. The Balaban J connectivity index is 0.00000101. The van der Waals surface area contributed by atoms with E-state index in [0.29, 0.717) is 6.61 Å². The zero-order chi connectivity index (χ0) is 22.1. The standard InChI is InChI=1S/C21H29N5O.C3H6/c1-6-16-15(4)19(24-27-14-13-26(7-2)8-3)17-11-9-10-12-18(17)21-20(16)22-25(5)23-21;1-3-2/h9-12H,6-8,13-14H2,1-5H3;3H,1H2,2H3/b24-19-;. The van der Waals surface area contributed by atoms with E-state index in [1.807, 2.05) is 26.1 Å². The SMILES string of the molecule is C=CC.CCc1c(C)/c(=N/OCCN(CC)CC)c2ccccc2c2nn(C)nc12. The molecule has 3 aromatic rings. The molecule has 0 saturated carbocycles. The van der Waals surface area contributed by atoms with Crippen LogP contribution in [0.3, 0.4) is 0 Å². The first kappa shape index (κ1) is 23.5. The summed E-state index contributed by atoms with van der Waals surface area (Å²) in [4.78, 5) is 9.72. The Hall–Kier alpha value is -2.73. The Bertz CT molecular complexity index is 1050. The average molecular weight is 410 g/mol. The first-order valence-corrected chi connectivity index (χ1v) is 10.7. The summed E-state index contributed by atoms with van der Waals surface area (Å²) in [6.07, 6.45) is 2.62. The number of nitrogens with zero attached hydrogens (tertiary/aromatic N) is 5. The van der Waals surface area contributed by atoms with Crippen LogP contribution in [0.25, 0.3) is 21.8 Å². The highest BCUT2D eigenvalue weighted by molar-refractivity contribution is 6.03. The van der Waals surface area contributed by atoms with E-state index in [1.165, 1.54) is 5.56 Å². The van der Waals surface area contributed by atoms with Gasteiger partial charge < -0.3 is 9.74 Å². The number of hydrogen-bond donors (Lipinski definition) is 0. The summed E-state index contributed by atoms with van der Waals surface area (Å²) in [5.74, 6) is 0. The molecule has 0 bridgehead atoms. The zero-order valence-electron chi connectivity index (χ0n) is 19.3. The monoisotopic (exact) mass is 409 g/mol. The van der Waals surface area contributed by atoms with Gasteiger partial charge >= 0.3 is 0 Å². The molecule has 0 atom stereocenters. The number of benzene rings is 1. The van der Waals surface area contributed by atoms with Crippen molar-refractivity contribution in [1.82, 2.24) is 19.9 Å². The molecule has 0 spiro atoms. The van der Waals surface area contributed by atoms with Gasteiger partial charge in [0.2, 0.25) is 0 Å². The third kappa shape index (κ3) is 5.25. The fraction of sp³-hybridized carbons (Fsp3) is 0.458. The lowest BCUT2D eigenvalue weighted by atomic mass is 10.1. The molecule has 3 rings (SSSR count). The molecular weight excluding hydrogens is 374 g/mol. The predicted molar refractivity (Wildman–Crippen MR) is 125 cm³/mol. The van der Waals surface area contributed by atoms with Crippen LogP contribution in [0.5, 0.6) is 0 Å². The molecule has 6 heteroatoms. The lowest BCUT2D eigenvalue weighted by Crippen LogP contribution is -2.26. The van der Waals surface area contributed by atoms with Gasteiger partial charge in [0.1, 0.15) is 23.0 Å². The van der Waals surface area contributed by atoms with Crippen LogP contribution in [0.4, 0.5) is 0 Å². The first-order chi connectivity index (χ1) is 14.5. The minimum Gasteiger partial charge on any atom is -0.394 e. The van der Waals surface area contributed by atoms with E-state index >= 15 is 0 Å². The Morgan fingerprint density at radius 2 is 1.70 bits per heavy atom. The molecule has 30 heavy (non-hydrogen) atoms. The van der Waals surface area contributed by atoms with Crippen molar-refractivity contribution >= 4 is 21.8 Å². The van der Waals surface area contributed by atoms with E-state index in [9.17, 15) is 0 Å². The van der Waals surface area contributed by atoms with Crippen molar-refractivity contribution in [3.8, 4) is 0 Å². The van der Waals surface area contributed by atoms with Crippen LogP contribution in [0.2, 0.25) is 0 Å². The number of aryl methyl sites for hydroxylation is 2. The largest absolute Gasteiger partial charge is 0.394 e. The van der Waals surface area contributed by atoms with Crippen LogP contribution in [-0.4, -0.2) is 46.1 Å². The molecule has 0 amide bonds. The number of rotatable bonds is 7. The van der Waals surface area contributed by atoms with Gasteiger partial charge in [-0.3, -0.25) is 0 Å². The summed E-state index contributed by atoms with van der Waals surface area (Å²) in [5, 5.41) is 16.8. The summed E-state index contributed by atoms with van der Waals surface area (Å²) in [6.45, 7) is 17.3. The van der Waals surface area contributed by atoms with E-state index in [0.717, 1.165) is 58.8 Å². The minimum atomic E-state index is 0.576. The smallest absolute Gasteiger partial charge is 0.129 e. The van der Waals surface area contributed by atoms with Crippen LogP contribution in [0.1, 0.15) is 38.8 Å². The first-order valence-electron chi connectivity index (χ1n) is 10.7. The van der Waals surface area contributed by atoms with E-state index in [1.54, 1.807) is 10.9 Å². The van der Waals surface area contributed by atoms with Gasteiger partial charge in [0.05, 0.1) is 0 Å². The summed E-state index contributed by atoms with van der Waals surface area (Å²) >= 11 is 0. The van der Waals surface area contributed by atoms with Gasteiger partial charge in [-0.25, -0.2) is 0 Å². The Kier molecular flexibility index (Phi) is 8.99. The molecule has 2 aromatic carbocycles. The Labute approximate surface area is 179 Å². The van der Waals surface area contributed by atoms with Crippen molar-refractivity contribution in [2.45, 2.75) is 41.0 Å². The maximum absolute atomic E-state index is 5.75. The van der Waals surface area contributed by atoms with Crippen LogP contribution in [0.15, 0.2) is 42.1 Å². The molecule has 0 N–H and O–H groups in total. The average Bonchev–Trinajstić information content (AvgIpc) is 3.09. The number of aromatic nitrogens is 3. The van der Waals surface area contributed by atoms with Crippen LogP contribution in [0, 0.1) is 6.92 Å². The molecule has 0 saturated heterocycles. The summed E-state index contributed by atoms with van der Waals surface area (Å²) < 4.78 is 0. The summed E-state index contributed by atoms with van der Waals surface area (Å²) in [7, 11) is 1.87. The molecule has 162 valence electrons. The van der Waals surface area contributed by atoms with Crippen molar-refractivity contribution < 1.29 is 4.84 Å². The highest BCUT2D eigenvalue weighted by atomic mass is 16.6. The number of hydrogen-bond acceptors (Lipinski definition) is 5. The van der Waals surface area contributed by atoms with Gasteiger partial charge in [0, 0.05) is 24.4 Å². The van der Waals surface area contributed by atoms with Crippen LogP contribution < -0.4 is 5.36 Å². The second-order valence-electron chi connectivity index (χ2n) is 7.10.